The van der Waals surface area contributed by atoms with Gasteiger partial charge in [0, 0.05) is 13.0 Å². The first kappa shape index (κ1) is 16.6. The molecule has 6 heteroatoms. The van der Waals surface area contributed by atoms with E-state index in [4.69, 9.17) is 9.47 Å². The van der Waals surface area contributed by atoms with E-state index in [1.54, 1.807) is 42.3 Å². The molecule has 4 rings (SSSR count). The van der Waals surface area contributed by atoms with Crippen LogP contribution in [0.4, 0.5) is 4.39 Å². The highest BCUT2D eigenvalue weighted by atomic mass is 19.1. The van der Waals surface area contributed by atoms with Crippen LogP contribution in [0.15, 0.2) is 42.5 Å². The molecule has 2 aromatic rings. The molecule has 1 atom stereocenters. The first-order valence-electron chi connectivity index (χ1n) is 8.45. The number of carbonyl (C=O) groups excluding carboxylic acids is 2. The third-order valence-corrected chi connectivity index (χ3v) is 5.00. The summed E-state index contributed by atoms with van der Waals surface area (Å²) in [4.78, 5) is 26.8. The van der Waals surface area contributed by atoms with Crippen LogP contribution >= 0.6 is 0 Å². The molecule has 1 unspecified atom stereocenters. The van der Waals surface area contributed by atoms with Gasteiger partial charge in [0.2, 0.25) is 0 Å². The number of fused-ring (bicyclic) bond motifs is 1. The minimum Gasteiger partial charge on any atom is -0.497 e. The Hall–Kier alpha value is -2.89. The van der Waals surface area contributed by atoms with Gasteiger partial charge in [-0.2, -0.15) is 0 Å². The summed E-state index contributed by atoms with van der Waals surface area (Å²) >= 11 is 0. The Kier molecular flexibility index (Phi) is 3.90. The number of methoxy groups -OCH3 is 1. The average molecular weight is 355 g/mol. The molecule has 26 heavy (non-hydrogen) atoms. The van der Waals surface area contributed by atoms with Crippen molar-refractivity contribution < 1.29 is 23.5 Å². The van der Waals surface area contributed by atoms with Crippen molar-refractivity contribution in [3.8, 4) is 11.5 Å². The largest absolute Gasteiger partial charge is 0.497 e. The zero-order valence-electron chi connectivity index (χ0n) is 14.3. The second-order valence-corrected chi connectivity index (χ2v) is 6.70. The van der Waals surface area contributed by atoms with Crippen LogP contribution in [0.25, 0.3) is 0 Å². The van der Waals surface area contributed by atoms with Crippen molar-refractivity contribution in [2.75, 3.05) is 20.2 Å². The number of ketones is 1. The van der Waals surface area contributed by atoms with Gasteiger partial charge in [0.05, 0.1) is 31.2 Å². The number of amides is 1. The maximum Gasteiger partial charge on any atom is 0.256 e. The molecule has 5 nitrogen and oxygen atoms in total. The highest BCUT2D eigenvalue weighted by Gasteiger charge is 2.47. The van der Waals surface area contributed by atoms with Gasteiger partial charge in [-0.3, -0.25) is 9.59 Å². The fraction of sp³-hybridized carbons (Fsp3) is 0.300. The van der Waals surface area contributed by atoms with Crippen LogP contribution in [-0.4, -0.2) is 42.4 Å². The van der Waals surface area contributed by atoms with E-state index in [1.807, 2.05) is 0 Å². The summed E-state index contributed by atoms with van der Waals surface area (Å²) in [7, 11) is 1.54. The number of benzene rings is 2. The molecule has 0 saturated carbocycles. The maximum atomic E-state index is 13.9. The van der Waals surface area contributed by atoms with Gasteiger partial charge in [0.15, 0.2) is 5.78 Å². The number of Topliss-reactive ketones (excluding diaryl/α,β-unsaturated/α-hetero) is 1. The molecule has 1 fully saturated rings. The molecule has 2 aromatic carbocycles. The monoisotopic (exact) mass is 355 g/mol. The van der Waals surface area contributed by atoms with Crippen LogP contribution in [0.1, 0.15) is 33.6 Å². The van der Waals surface area contributed by atoms with Gasteiger partial charge in [-0.05, 0) is 30.3 Å². The fourth-order valence-corrected chi connectivity index (χ4v) is 3.65. The lowest BCUT2D eigenvalue weighted by molar-refractivity contribution is 0.0426. The summed E-state index contributed by atoms with van der Waals surface area (Å²) < 4.78 is 25.2. The lowest BCUT2D eigenvalue weighted by atomic mass is 9.89. The molecule has 0 aromatic heterocycles. The van der Waals surface area contributed by atoms with Crippen molar-refractivity contribution in [3.05, 3.63) is 59.4 Å². The van der Waals surface area contributed by atoms with E-state index < -0.39 is 11.4 Å². The molecule has 2 aliphatic heterocycles. The molecule has 0 bridgehead atoms. The third kappa shape index (κ3) is 2.71. The number of halogens is 1. The number of carbonyl (C=O) groups is 2. The number of hydrogen-bond donors (Lipinski definition) is 0. The Morgan fingerprint density at radius 3 is 2.85 bits per heavy atom. The first-order chi connectivity index (χ1) is 12.5. The Bertz CT molecular complexity index is 897. The summed E-state index contributed by atoms with van der Waals surface area (Å²) in [6, 6.07) is 11.0. The highest BCUT2D eigenvalue weighted by Crippen LogP contribution is 2.40. The Labute approximate surface area is 150 Å². The second kappa shape index (κ2) is 6.12. The molecule has 0 aliphatic carbocycles. The third-order valence-electron chi connectivity index (χ3n) is 5.00. The molecule has 2 heterocycles. The molecule has 2 aliphatic rings. The van der Waals surface area contributed by atoms with Gasteiger partial charge in [-0.15, -0.1) is 0 Å². The van der Waals surface area contributed by atoms with E-state index >= 15 is 0 Å². The van der Waals surface area contributed by atoms with E-state index in [0.29, 0.717) is 30.0 Å². The predicted molar refractivity (Wildman–Crippen MR) is 92.2 cm³/mol. The van der Waals surface area contributed by atoms with Crippen LogP contribution in [0.2, 0.25) is 0 Å². The number of nitrogens with zero attached hydrogens (tertiary/aromatic N) is 1. The van der Waals surface area contributed by atoms with E-state index in [-0.39, 0.29) is 30.2 Å². The standard InChI is InChI=1S/C20H18FNO4/c1-25-13-6-7-18-15(10-13)17(23)11-20(26-18)8-9-22(12-20)19(24)14-4-2-3-5-16(14)21/h2-7,10H,8-9,11-12H2,1H3. The highest BCUT2D eigenvalue weighted by molar-refractivity contribution is 6.01. The van der Waals surface area contributed by atoms with Crippen molar-refractivity contribution in [1.29, 1.82) is 0 Å². The summed E-state index contributed by atoms with van der Waals surface area (Å²) in [6.45, 7) is 0.684. The number of likely N-dealkylation sites (tertiary alicyclic amines) is 1. The molecular formula is C20H18FNO4. The van der Waals surface area contributed by atoms with E-state index in [0.717, 1.165) is 0 Å². The van der Waals surface area contributed by atoms with Crippen molar-refractivity contribution in [3.63, 3.8) is 0 Å². The first-order valence-corrected chi connectivity index (χ1v) is 8.45. The van der Waals surface area contributed by atoms with Crippen molar-refractivity contribution in [2.24, 2.45) is 0 Å². The zero-order chi connectivity index (χ0) is 18.3. The summed E-state index contributed by atoms with van der Waals surface area (Å²) in [5.74, 6) is 0.139. The van der Waals surface area contributed by atoms with Crippen LogP contribution in [0.3, 0.4) is 0 Å². The molecule has 0 radical (unpaired) electrons. The van der Waals surface area contributed by atoms with Gasteiger partial charge in [0.25, 0.3) is 5.91 Å². The normalized spacial score (nSPS) is 21.5. The zero-order valence-corrected chi connectivity index (χ0v) is 14.3. The molecule has 1 amide bonds. The van der Waals surface area contributed by atoms with Crippen molar-refractivity contribution in [1.82, 2.24) is 4.90 Å². The number of hydrogen-bond acceptors (Lipinski definition) is 4. The molecular weight excluding hydrogens is 337 g/mol. The van der Waals surface area contributed by atoms with Crippen LogP contribution in [-0.2, 0) is 0 Å². The van der Waals surface area contributed by atoms with Crippen molar-refractivity contribution >= 4 is 11.7 Å². The van der Waals surface area contributed by atoms with Gasteiger partial charge >= 0.3 is 0 Å². The maximum absolute atomic E-state index is 13.9. The van der Waals surface area contributed by atoms with E-state index in [1.165, 1.54) is 12.1 Å². The van der Waals surface area contributed by atoms with Crippen LogP contribution in [0, 0.1) is 5.82 Å². The topological polar surface area (TPSA) is 55.8 Å². The minimum absolute atomic E-state index is 0.0367. The summed E-state index contributed by atoms with van der Waals surface area (Å²) in [5.41, 5.74) is -0.217. The minimum atomic E-state index is -0.750. The molecule has 1 saturated heterocycles. The fourth-order valence-electron chi connectivity index (χ4n) is 3.65. The van der Waals surface area contributed by atoms with Crippen LogP contribution < -0.4 is 9.47 Å². The van der Waals surface area contributed by atoms with Gasteiger partial charge in [0.1, 0.15) is 22.9 Å². The van der Waals surface area contributed by atoms with Gasteiger partial charge in [-0.1, -0.05) is 12.1 Å². The van der Waals surface area contributed by atoms with E-state index in [9.17, 15) is 14.0 Å². The molecule has 1 spiro atoms. The van der Waals surface area contributed by atoms with Crippen LogP contribution in [0.5, 0.6) is 11.5 Å². The quantitative estimate of drug-likeness (QED) is 0.831. The van der Waals surface area contributed by atoms with Gasteiger partial charge in [-0.25, -0.2) is 4.39 Å². The SMILES string of the molecule is COc1ccc2c(c1)C(=O)CC1(CCN(C(=O)c3ccccc3F)C1)O2. The summed E-state index contributed by atoms with van der Waals surface area (Å²) in [5, 5.41) is 0. The molecule has 0 N–H and O–H groups in total. The number of rotatable bonds is 2. The smallest absolute Gasteiger partial charge is 0.256 e. The second-order valence-electron chi connectivity index (χ2n) is 6.70. The summed E-state index contributed by atoms with van der Waals surface area (Å²) in [6.07, 6.45) is 0.721. The van der Waals surface area contributed by atoms with Gasteiger partial charge < -0.3 is 14.4 Å². The van der Waals surface area contributed by atoms with E-state index in [2.05, 4.69) is 0 Å². The average Bonchev–Trinajstić information content (AvgIpc) is 3.04. The Morgan fingerprint density at radius 1 is 1.27 bits per heavy atom. The number of ether oxygens (including phenoxy) is 2. The Morgan fingerprint density at radius 2 is 2.08 bits per heavy atom. The Balaban J connectivity index is 1.57. The lowest BCUT2D eigenvalue weighted by Crippen LogP contribution is -2.45. The van der Waals surface area contributed by atoms with Crippen molar-refractivity contribution in [2.45, 2.75) is 18.4 Å². The molecule has 134 valence electrons. The lowest BCUT2D eigenvalue weighted by Gasteiger charge is -2.34. The predicted octanol–water partition coefficient (Wildman–Crippen LogP) is 3.08.